The Bertz CT molecular complexity index is 726. The van der Waals surface area contributed by atoms with Gasteiger partial charge in [0.15, 0.2) is 5.16 Å². The predicted molar refractivity (Wildman–Crippen MR) is 96.0 cm³/mol. The van der Waals surface area contributed by atoms with Gasteiger partial charge in [0.25, 0.3) is 0 Å². The molecule has 1 N–H and O–H groups in total. The number of nitrogens with one attached hydrogen (secondary N) is 1. The number of β-lactam (4-membered cyclic amide) rings is 1. The summed E-state index contributed by atoms with van der Waals surface area (Å²) in [4.78, 5) is 34.1. The molecule has 3 rings (SSSR count). The van der Waals surface area contributed by atoms with Crippen LogP contribution in [0.15, 0.2) is 53.9 Å². The number of benzene rings is 1. The van der Waals surface area contributed by atoms with Crippen LogP contribution in [0.4, 0.5) is 4.79 Å². The van der Waals surface area contributed by atoms with Crippen LogP contribution in [0.5, 0.6) is 0 Å². The average molecular weight is 356 g/mol. The van der Waals surface area contributed by atoms with Gasteiger partial charge in [0, 0.05) is 24.6 Å². The lowest BCUT2D eigenvalue weighted by Crippen LogP contribution is -2.60. The normalized spacial score (nSPS) is 17.7. The summed E-state index contributed by atoms with van der Waals surface area (Å²) in [6.07, 6.45) is 4.50. The number of aromatic nitrogens is 2. The molecule has 0 saturated carbocycles. The van der Waals surface area contributed by atoms with Crippen molar-refractivity contribution >= 4 is 23.7 Å². The molecule has 2 heterocycles. The van der Waals surface area contributed by atoms with Crippen LogP contribution >= 0.6 is 11.8 Å². The first kappa shape index (κ1) is 17.4. The van der Waals surface area contributed by atoms with E-state index < -0.39 is 0 Å². The van der Waals surface area contributed by atoms with Gasteiger partial charge in [-0.1, -0.05) is 49.0 Å². The number of rotatable bonds is 6. The molecule has 1 aromatic heterocycles. The standard InChI is InChI=1S/C18H20N4O2S/c1-2-15(13-7-4-3-5-8-13)21-18(24)22-14(11-16(22)23)12-25-17-19-9-6-10-20-17/h3-10,14-15H,2,11-12H2,1H3,(H,21,24)/t14?,15-/m1/s1. The summed E-state index contributed by atoms with van der Waals surface area (Å²) < 4.78 is 0. The minimum absolute atomic E-state index is 0.104. The number of carbonyl (C=O) groups is 2. The van der Waals surface area contributed by atoms with Gasteiger partial charge in [0.05, 0.1) is 12.1 Å². The highest BCUT2D eigenvalue weighted by Crippen LogP contribution is 2.26. The van der Waals surface area contributed by atoms with Gasteiger partial charge in [-0.25, -0.2) is 14.8 Å². The topological polar surface area (TPSA) is 75.2 Å². The van der Waals surface area contributed by atoms with Gasteiger partial charge in [-0.2, -0.15) is 0 Å². The Labute approximate surface area is 151 Å². The molecule has 1 fully saturated rings. The first-order valence-electron chi connectivity index (χ1n) is 8.26. The van der Waals surface area contributed by atoms with Crippen molar-refractivity contribution < 1.29 is 9.59 Å². The fraction of sp³-hybridized carbons (Fsp3) is 0.333. The maximum Gasteiger partial charge on any atom is 0.324 e. The highest BCUT2D eigenvalue weighted by Gasteiger charge is 2.41. The van der Waals surface area contributed by atoms with E-state index in [9.17, 15) is 9.59 Å². The van der Waals surface area contributed by atoms with Crippen LogP contribution in [-0.2, 0) is 4.79 Å². The van der Waals surface area contributed by atoms with Crippen molar-refractivity contribution in [1.29, 1.82) is 0 Å². The molecular formula is C18H20N4O2S. The number of hydrogen-bond acceptors (Lipinski definition) is 5. The van der Waals surface area contributed by atoms with E-state index in [-0.39, 0.29) is 24.0 Å². The van der Waals surface area contributed by atoms with E-state index in [1.165, 1.54) is 16.7 Å². The number of imide groups is 1. The summed E-state index contributed by atoms with van der Waals surface area (Å²) in [7, 11) is 0. The zero-order chi connectivity index (χ0) is 17.6. The van der Waals surface area contributed by atoms with E-state index in [1.807, 2.05) is 37.3 Å². The minimum atomic E-state index is -0.327. The van der Waals surface area contributed by atoms with E-state index in [0.29, 0.717) is 17.3 Å². The number of nitrogens with zero attached hydrogens (tertiary/aromatic N) is 3. The van der Waals surface area contributed by atoms with Crippen LogP contribution in [0.3, 0.4) is 0 Å². The van der Waals surface area contributed by atoms with Crippen LogP contribution in [0.2, 0.25) is 0 Å². The fourth-order valence-corrected chi connectivity index (χ4v) is 3.63. The van der Waals surface area contributed by atoms with Crippen molar-refractivity contribution in [3.05, 3.63) is 54.4 Å². The summed E-state index contributed by atoms with van der Waals surface area (Å²) >= 11 is 1.45. The average Bonchev–Trinajstić information content (AvgIpc) is 2.64. The van der Waals surface area contributed by atoms with E-state index in [0.717, 1.165) is 12.0 Å². The first-order valence-corrected chi connectivity index (χ1v) is 9.25. The minimum Gasteiger partial charge on any atom is -0.331 e. The lowest BCUT2D eigenvalue weighted by Gasteiger charge is -2.39. The molecule has 2 atom stereocenters. The van der Waals surface area contributed by atoms with Crippen molar-refractivity contribution in [3.8, 4) is 0 Å². The quantitative estimate of drug-likeness (QED) is 0.489. The summed E-state index contributed by atoms with van der Waals surface area (Å²) in [6.45, 7) is 2.01. The molecular weight excluding hydrogens is 336 g/mol. The first-order chi connectivity index (χ1) is 12.2. The SMILES string of the molecule is CC[C@@H](NC(=O)N1C(=O)CC1CSc1ncccn1)c1ccccc1. The smallest absolute Gasteiger partial charge is 0.324 e. The molecule has 1 saturated heterocycles. The highest BCUT2D eigenvalue weighted by molar-refractivity contribution is 7.99. The van der Waals surface area contributed by atoms with Crippen molar-refractivity contribution in [3.63, 3.8) is 0 Å². The summed E-state index contributed by atoms with van der Waals surface area (Å²) in [6, 6.07) is 11.0. The largest absolute Gasteiger partial charge is 0.331 e. The Morgan fingerprint density at radius 1 is 1.28 bits per heavy atom. The van der Waals surface area contributed by atoms with Crippen molar-refractivity contribution in [2.24, 2.45) is 0 Å². The van der Waals surface area contributed by atoms with Crippen molar-refractivity contribution in [1.82, 2.24) is 20.2 Å². The second-order valence-electron chi connectivity index (χ2n) is 5.79. The molecule has 2 aromatic rings. The monoisotopic (exact) mass is 356 g/mol. The maximum atomic E-state index is 12.6. The Morgan fingerprint density at radius 2 is 2.00 bits per heavy atom. The van der Waals surface area contributed by atoms with Crippen molar-refractivity contribution in [2.75, 3.05) is 5.75 Å². The number of urea groups is 1. The van der Waals surface area contributed by atoms with Crippen LogP contribution in [0, 0.1) is 0 Å². The third kappa shape index (κ3) is 4.17. The molecule has 25 heavy (non-hydrogen) atoms. The van der Waals surface area contributed by atoms with Crippen LogP contribution in [0.1, 0.15) is 31.4 Å². The Balaban J connectivity index is 1.59. The molecule has 0 spiro atoms. The van der Waals surface area contributed by atoms with Gasteiger partial charge in [0.2, 0.25) is 5.91 Å². The van der Waals surface area contributed by atoms with Gasteiger partial charge in [-0.3, -0.25) is 9.69 Å². The van der Waals surface area contributed by atoms with Crippen LogP contribution in [0.25, 0.3) is 0 Å². The van der Waals surface area contributed by atoms with E-state index in [2.05, 4.69) is 15.3 Å². The molecule has 1 aliphatic heterocycles. The molecule has 0 bridgehead atoms. The number of thioether (sulfide) groups is 1. The van der Waals surface area contributed by atoms with Crippen molar-refractivity contribution in [2.45, 2.75) is 37.0 Å². The molecule has 0 radical (unpaired) electrons. The van der Waals surface area contributed by atoms with Crippen LogP contribution in [-0.4, -0.2) is 38.6 Å². The zero-order valence-corrected chi connectivity index (χ0v) is 14.8. The van der Waals surface area contributed by atoms with Gasteiger partial charge < -0.3 is 5.32 Å². The Kier molecular flexibility index (Phi) is 5.65. The lowest BCUT2D eigenvalue weighted by molar-refractivity contribution is -0.139. The van der Waals surface area contributed by atoms with Gasteiger partial charge in [-0.15, -0.1) is 0 Å². The molecule has 3 amide bonds. The van der Waals surface area contributed by atoms with E-state index >= 15 is 0 Å². The lowest BCUT2D eigenvalue weighted by atomic mass is 10.0. The molecule has 7 heteroatoms. The fourth-order valence-electron chi connectivity index (χ4n) is 2.75. The Morgan fingerprint density at radius 3 is 2.64 bits per heavy atom. The summed E-state index contributed by atoms with van der Waals surface area (Å²) in [5.74, 6) is 0.464. The van der Waals surface area contributed by atoms with Gasteiger partial charge in [0.1, 0.15) is 0 Å². The van der Waals surface area contributed by atoms with E-state index in [4.69, 9.17) is 0 Å². The molecule has 1 aromatic carbocycles. The zero-order valence-electron chi connectivity index (χ0n) is 14.0. The predicted octanol–water partition coefficient (Wildman–Crippen LogP) is 3.03. The number of hydrogen-bond donors (Lipinski definition) is 1. The molecule has 6 nitrogen and oxygen atoms in total. The Hall–Kier alpha value is -2.41. The molecule has 1 unspecified atom stereocenters. The third-order valence-corrected chi connectivity index (χ3v) is 5.14. The number of amides is 3. The van der Waals surface area contributed by atoms with E-state index in [1.54, 1.807) is 18.5 Å². The summed E-state index contributed by atoms with van der Waals surface area (Å²) in [5, 5.41) is 3.62. The second-order valence-corrected chi connectivity index (χ2v) is 6.77. The maximum absolute atomic E-state index is 12.6. The summed E-state index contributed by atoms with van der Waals surface area (Å²) in [5.41, 5.74) is 1.04. The van der Waals surface area contributed by atoms with Gasteiger partial charge >= 0.3 is 6.03 Å². The number of carbonyl (C=O) groups excluding carboxylic acids is 2. The second kappa shape index (κ2) is 8.11. The molecule has 0 aliphatic carbocycles. The third-order valence-electron chi connectivity index (χ3n) is 4.12. The number of likely N-dealkylation sites (tertiary alicyclic amines) is 1. The van der Waals surface area contributed by atoms with Crippen LogP contribution < -0.4 is 5.32 Å². The molecule has 130 valence electrons. The van der Waals surface area contributed by atoms with Gasteiger partial charge in [-0.05, 0) is 18.1 Å². The molecule has 1 aliphatic rings. The highest BCUT2D eigenvalue weighted by atomic mass is 32.2.